The number of methoxy groups -OCH3 is 1. The zero-order valence-electron chi connectivity index (χ0n) is 16.5. The number of rotatable bonds is 4. The van der Waals surface area contributed by atoms with Gasteiger partial charge in [-0.25, -0.2) is 14.0 Å². The molecule has 1 fully saturated rings. The lowest BCUT2D eigenvalue weighted by Crippen LogP contribution is -2.48. The fourth-order valence-electron chi connectivity index (χ4n) is 2.99. The number of carboxylic acid groups (broad SMARTS) is 2. The number of piperazine rings is 1. The Kier molecular flexibility index (Phi) is 8.30. The van der Waals surface area contributed by atoms with Crippen LogP contribution in [0.2, 0.25) is 0 Å². The highest BCUT2D eigenvalue weighted by Gasteiger charge is 2.22. The third-order valence-corrected chi connectivity index (χ3v) is 4.50. The molecule has 0 aromatic heterocycles. The molecular weight excluding hydrogens is 395 g/mol. The van der Waals surface area contributed by atoms with Crippen molar-refractivity contribution in [2.45, 2.75) is 6.54 Å². The molecule has 2 aromatic carbocycles. The molecule has 0 unspecified atom stereocenters. The number of amides is 1. The lowest BCUT2D eigenvalue weighted by molar-refractivity contribution is -0.159. The van der Waals surface area contributed by atoms with Gasteiger partial charge in [-0.1, -0.05) is 24.3 Å². The van der Waals surface area contributed by atoms with E-state index in [2.05, 4.69) is 11.0 Å². The number of hydrogen-bond acceptors (Lipinski definition) is 5. The monoisotopic (exact) mass is 418 g/mol. The summed E-state index contributed by atoms with van der Waals surface area (Å²) in [5.74, 6) is -3.25. The summed E-state index contributed by atoms with van der Waals surface area (Å²) in [6.07, 6.45) is 0. The number of hydrogen-bond donors (Lipinski definition) is 2. The number of benzene rings is 2. The summed E-state index contributed by atoms with van der Waals surface area (Å²) in [5, 5.41) is 14.8. The minimum atomic E-state index is -1.82. The van der Waals surface area contributed by atoms with Crippen LogP contribution < -0.4 is 4.74 Å². The van der Waals surface area contributed by atoms with Crippen molar-refractivity contribution in [1.82, 2.24) is 9.80 Å². The topological polar surface area (TPSA) is 107 Å². The Bertz CT molecular complexity index is 885. The standard InChI is InChI=1S/C19H21FN2O2.C2H2O4/c1-24-18-8-3-2-5-16(18)14-21-9-11-22(12-10-21)19(23)15-6-4-7-17(20)13-15;3-1(4)2(5)6/h2-8,13H,9-12,14H2,1H3;(H,3,4)(H,5,6). The Hall–Kier alpha value is -3.46. The molecule has 1 amide bonds. The van der Waals surface area contributed by atoms with E-state index in [0.717, 1.165) is 30.9 Å². The molecule has 1 saturated heterocycles. The molecule has 1 aliphatic heterocycles. The van der Waals surface area contributed by atoms with E-state index >= 15 is 0 Å². The van der Waals surface area contributed by atoms with Crippen molar-refractivity contribution in [2.24, 2.45) is 0 Å². The average molecular weight is 418 g/mol. The number of nitrogens with zero attached hydrogens (tertiary/aromatic N) is 2. The lowest BCUT2D eigenvalue weighted by atomic mass is 10.1. The Morgan fingerprint density at radius 3 is 2.17 bits per heavy atom. The first-order chi connectivity index (χ1) is 14.3. The first kappa shape index (κ1) is 22.8. The molecular formula is C21H23FN2O6. The summed E-state index contributed by atoms with van der Waals surface area (Å²) < 4.78 is 18.7. The maximum absolute atomic E-state index is 13.3. The molecule has 0 radical (unpaired) electrons. The predicted octanol–water partition coefficient (Wildman–Crippen LogP) is 1.95. The first-order valence-electron chi connectivity index (χ1n) is 9.17. The van der Waals surface area contributed by atoms with Crippen LogP contribution in [0.3, 0.4) is 0 Å². The van der Waals surface area contributed by atoms with Gasteiger partial charge < -0.3 is 19.8 Å². The highest BCUT2D eigenvalue weighted by molar-refractivity contribution is 6.27. The highest BCUT2D eigenvalue weighted by Crippen LogP contribution is 2.20. The van der Waals surface area contributed by atoms with Crippen LogP contribution in [-0.2, 0) is 16.1 Å². The Morgan fingerprint density at radius 1 is 0.967 bits per heavy atom. The van der Waals surface area contributed by atoms with E-state index in [0.29, 0.717) is 18.7 Å². The molecule has 3 rings (SSSR count). The van der Waals surface area contributed by atoms with Crippen LogP contribution in [0.1, 0.15) is 15.9 Å². The van der Waals surface area contributed by atoms with Crippen LogP contribution in [0.25, 0.3) is 0 Å². The molecule has 0 aliphatic carbocycles. The van der Waals surface area contributed by atoms with E-state index in [1.54, 1.807) is 24.1 Å². The smallest absolute Gasteiger partial charge is 0.414 e. The molecule has 2 aromatic rings. The fraction of sp³-hybridized carbons (Fsp3) is 0.286. The summed E-state index contributed by atoms with van der Waals surface area (Å²) in [6, 6.07) is 13.8. The van der Waals surface area contributed by atoms with Gasteiger partial charge in [0.15, 0.2) is 0 Å². The molecule has 9 heteroatoms. The molecule has 8 nitrogen and oxygen atoms in total. The Labute approximate surface area is 173 Å². The van der Waals surface area contributed by atoms with Gasteiger partial charge >= 0.3 is 11.9 Å². The number of carbonyl (C=O) groups excluding carboxylic acids is 1. The van der Waals surface area contributed by atoms with Gasteiger partial charge in [0.2, 0.25) is 0 Å². The van der Waals surface area contributed by atoms with E-state index in [1.165, 1.54) is 12.1 Å². The van der Waals surface area contributed by atoms with Gasteiger partial charge in [0.05, 0.1) is 7.11 Å². The molecule has 0 bridgehead atoms. The molecule has 1 aliphatic rings. The van der Waals surface area contributed by atoms with Gasteiger partial charge in [0.1, 0.15) is 11.6 Å². The number of aliphatic carboxylic acids is 2. The lowest BCUT2D eigenvalue weighted by Gasteiger charge is -2.35. The van der Waals surface area contributed by atoms with Crippen molar-refractivity contribution in [1.29, 1.82) is 0 Å². The number of para-hydroxylation sites is 1. The van der Waals surface area contributed by atoms with Crippen LogP contribution in [0.4, 0.5) is 4.39 Å². The summed E-state index contributed by atoms with van der Waals surface area (Å²) in [7, 11) is 1.68. The molecule has 0 spiro atoms. The Morgan fingerprint density at radius 2 is 1.60 bits per heavy atom. The van der Waals surface area contributed by atoms with Crippen LogP contribution >= 0.6 is 0 Å². The second-order valence-electron chi connectivity index (χ2n) is 6.50. The van der Waals surface area contributed by atoms with Gasteiger partial charge in [0, 0.05) is 43.9 Å². The largest absolute Gasteiger partial charge is 0.496 e. The SMILES string of the molecule is COc1ccccc1CN1CCN(C(=O)c2cccc(F)c2)CC1.O=C(O)C(=O)O. The summed E-state index contributed by atoms with van der Waals surface area (Å²) in [4.78, 5) is 34.7. The number of carbonyl (C=O) groups is 3. The second kappa shape index (κ2) is 10.9. The molecule has 0 atom stereocenters. The van der Waals surface area contributed by atoms with Crippen LogP contribution in [0.5, 0.6) is 5.75 Å². The summed E-state index contributed by atoms with van der Waals surface area (Å²) in [5.41, 5.74) is 1.55. The predicted molar refractivity (Wildman–Crippen MR) is 106 cm³/mol. The van der Waals surface area contributed by atoms with E-state index in [9.17, 15) is 9.18 Å². The van der Waals surface area contributed by atoms with Gasteiger partial charge in [-0.05, 0) is 24.3 Å². The first-order valence-corrected chi connectivity index (χ1v) is 9.17. The number of ether oxygens (including phenoxy) is 1. The molecule has 30 heavy (non-hydrogen) atoms. The van der Waals surface area contributed by atoms with Gasteiger partial charge in [-0.3, -0.25) is 9.69 Å². The summed E-state index contributed by atoms with van der Waals surface area (Å²) >= 11 is 0. The van der Waals surface area contributed by atoms with E-state index in [4.69, 9.17) is 24.5 Å². The fourth-order valence-corrected chi connectivity index (χ4v) is 2.99. The second-order valence-corrected chi connectivity index (χ2v) is 6.50. The highest BCUT2D eigenvalue weighted by atomic mass is 19.1. The van der Waals surface area contributed by atoms with Crippen LogP contribution in [0.15, 0.2) is 48.5 Å². The van der Waals surface area contributed by atoms with Crippen LogP contribution in [-0.4, -0.2) is 71.1 Å². The molecule has 160 valence electrons. The van der Waals surface area contributed by atoms with Crippen molar-refractivity contribution in [2.75, 3.05) is 33.3 Å². The van der Waals surface area contributed by atoms with Crippen molar-refractivity contribution in [3.05, 3.63) is 65.5 Å². The van der Waals surface area contributed by atoms with Crippen molar-refractivity contribution in [3.8, 4) is 5.75 Å². The van der Waals surface area contributed by atoms with Gasteiger partial charge in [0.25, 0.3) is 5.91 Å². The van der Waals surface area contributed by atoms with Crippen molar-refractivity contribution >= 4 is 17.8 Å². The van der Waals surface area contributed by atoms with E-state index < -0.39 is 11.9 Å². The molecule has 2 N–H and O–H groups in total. The minimum absolute atomic E-state index is 0.105. The normalized spacial score (nSPS) is 13.7. The van der Waals surface area contributed by atoms with Crippen molar-refractivity contribution < 1.29 is 33.7 Å². The zero-order chi connectivity index (χ0) is 22.1. The van der Waals surface area contributed by atoms with Crippen molar-refractivity contribution in [3.63, 3.8) is 0 Å². The van der Waals surface area contributed by atoms with Gasteiger partial charge in [-0.2, -0.15) is 0 Å². The van der Waals surface area contributed by atoms with E-state index in [1.807, 2.05) is 18.2 Å². The zero-order valence-corrected chi connectivity index (χ0v) is 16.5. The third kappa shape index (κ3) is 6.56. The van der Waals surface area contributed by atoms with Crippen LogP contribution in [0, 0.1) is 5.82 Å². The molecule has 0 saturated carbocycles. The maximum Gasteiger partial charge on any atom is 0.414 e. The number of carboxylic acids is 2. The minimum Gasteiger partial charge on any atom is -0.496 e. The average Bonchev–Trinajstić information content (AvgIpc) is 2.74. The van der Waals surface area contributed by atoms with Gasteiger partial charge in [-0.15, -0.1) is 0 Å². The third-order valence-electron chi connectivity index (χ3n) is 4.50. The number of halogens is 1. The van der Waals surface area contributed by atoms with E-state index in [-0.39, 0.29) is 11.7 Å². The molecule has 1 heterocycles. The Balaban J connectivity index is 0.000000469. The summed E-state index contributed by atoms with van der Waals surface area (Å²) in [6.45, 7) is 3.67. The quantitative estimate of drug-likeness (QED) is 0.731. The maximum atomic E-state index is 13.3.